The third-order valence-corrected chi connectivity index (χ3v) is 4.92. The van der Waals surface area contributed by atoms with Gasteiger partial charge < -0.3 is 35.0 Å². The summed E-state index contributed by atoms with van der Waals surface area (Å²) in [5.74, 6) is -0.520. The van der Waals surface area contributed by atoms with E-state index in [1.165, 1.54) is 24.3 Å². The van der Waals surface area contributed by atoms with Crippen LogP contribution in [-0.4, -0.2) is 62.1 Å². The van der Waals surface area contributed by atoms with Crippen LogP contribution in [0.1, 0.15) is 29.5 Å². The number of hydrogen-bond acceptors (Lipinski definition) is 8. The first-order valence-corrected chi connectivity index (χ1v) is 10.2. The SMILES string of the molecule is N#Cc1ccc(CO[C@H]2C[C@H](O)[C@@H](O)[C@H](OC(=O)/C=C/c3ccc(O)cc3)C2)cc1.O=C(O)O. The zero-order chi connectivity index (χ0) is 25.1. The molecular formula is C24H25NO9. The fourth-order valence-corrected chi connectivity index (χ4v) is 3.23. The summed E-state index contributed by atoms with van der Waals surface area (Å²) < 4.78 is 11.2. The van der Waals surface area contributed by atoms with E-state index in [-0.39, 0.29) is 25.2 Å². The molecule has 0 saturated heterocycles. The van der Waals surface area contributed by atoms with Crippen LogP contribution in [0.15, 0.2) is 54.6 Å². The first-order valence-electron chi connectivity index (χ1n) is 10.2. The highest BCUT2D eigenvalue weighted by Gasteiger charge is 2.38. The van der Waals surface area contributed by atoms with Crippen molar-refractivity contribution in [3.05, 3.63) is 71.3 Å². The monoisotopic (exact) mass is 471 g/mol. The lowest BCUT2D eigenvalue weighted by atomic mass is 9.89. The second-order valence-electron chi connectivity index (χ2n) is 7.45. The van der Waals surface area contributed by atoms with Crippen LogP contribution in [0.2, 0.25) is 0 Å². The lowest BCUT2D eigenvalue weighted by molar-refractivity contribution is -0.171. The first-order chi connectivity index (χ1) is 16.2. The number of aromatic hydroxyl groups is 1. The van der Waals surface area contributed by atoms with E-state index in [2.05, 4.69) is 6.07 Å². The fourth-order valence-electron chi connectivity index (χ4n) is 3.23. The molecule has 5 N–H and O–H groups in total. The summed E-state index contributed by atoms with van der Waals surface area (Å²) in [6, 6.07) is 15.3. The van der Waals surface area contributed by atoms with Crippen molar-refractivity contribution < 1.29 is 44.6 Å². The number of hydrogen-bond donors (Lipinski definition) is 5. The van der Waals surface area contributed by atoms with E-state index in [0.717, 1.165) is 5.56 Å². The van der Waals surface area contributed by atoms with Crippen molar-refractivity contribution in [2.75, 3.05) is 0 Å². The second kappa shape index (κ2) is 13.0. The number of esters is 1. The molecule has 0 amide bonds. The number of phenolic OH excluding ortho intramolecular Hbond substituents is 1. The molecule has 1 saturated carbocycles. The Labute approximate surface area is 195 Å². The molecule has 0 heterocycles. The van der Waals surface area contributed by atoms with Gasteiger partial charge >= 0.3 is 12.1 Å². The maximum absolute atomic E-state index is 12.1. The Balaban J connectivity index is 0.000000945. The predicted molar refractivity (Wildman–Crippen MR) is 119 cm³/mol. The number of benzene rings is 2. The summed E-state index contributed by atoms with van der Waals surface area (Å²) >= 11 is 0. The highest BCUT2D eigenvalue weighted by Crippen LogP contribution is 2.26. The van der Waals surface area contributed by atoms with Crippen LogP contribution in [0.5, 0.6) is 5.75 Å². The molecule has 34 heavy (non-hydrogen) atoms. The van der Waals surface area contributed by atoms with Crippen molar-refractivity contribution >= 4 is 18.2 Å². The van der Waals surface area contributed by atoms with E-state index in [1.54, 1.807) is 36.4 Å². The summed E-state index contributed by atoms with van der Waals surface area (Å²) in [4.78, 5) is 20.7. The molecule has 4 atom stereocenters. The Morgan fingerprint density at radius 1 is 1.03 bits per heavy atom. The molecule has 10 heteroatoms. The van der Waals surface area contributed by atoms with E-state index < -0.39 is 36.5 Å². The molecule has 0 unspecified atom stereocenters. The van der Waals surface area contributed by atoms with Gasteiger partial charge in [-0.15, -0.1) is 0 Å². The van der Waals surface area contributed by atoms with E-state index in [0.29, 0.717) is 11.1 Å². The van der Waals surface area contributed by atoms with E-state index >= 15 is 0 Å². The van der Waals surface area contributed by atoms with Crippen molar-refractivity contribution in [2.24, 2.45) is 0 Å². The summed E-state index contributed by atoms with van der Waals surface area (Å²) in [7, 11) is 0. The molecule has 1 aliphatic carbocycles. The average Bonchev–Trinajstić information content (AvgIpc) is 2.80. The van der Waals surface area contributed by atoms with Crippen molar-refractivity contribution in [2.45, 2.75) is 43.9 Å². The number of rotatable bonds is 6. The third kappa shape index (κ3) is 8.91. The molecule has 180 valence electrons. The highest BCUT2D eigenvalue weighted by atomic mass is 16.6. The van der Waals surface area contributed by atoms with Crippen LogP contribution in [0.25, 0.3) is 6.08 Å². The van der Waals surface area contributed by atoms with Crippen LogP contribution in [-0.2, 0) is 20.9 Å². The van der Waals surface area contributed by atoms with E-state index in [1.807, 2.05) is 0 Å². The van der Waals surface area contributed by atoms with Crippen molar-refractivity contribution in [1.82, 2.24) is 0 Å². The lowest BCUT2D eigenvalue weighted by Gasteiger charge is -2.36. The highest BCUT2D eigenvalue weighted by molar-refractivity contribution is 5.87. The van der Waals surface area contributed by atoms with Crippen LogP contribution < -0.4 is 0 Å². The Kier molecular flexibility index (Phi) is 10.0. The molecule has 1 fully saturated rings. The molecule has 2 aromatic carbocycles. The van der Waals surface area contributed by atoms with Gasteiger partial charge in [-0.1, -0.05) is 24.3 Å². The van der Waals surface area contributed by atoms with Gasteiger partial charge in [-0.25, -0.2) is 9.59 Å². The van der Waals surface area contributed by atoms with Gasteiger partial charge in [0.05, 0.1) is 30.4 Å². The number of nitriles is 1. The number of carbonyl (C=O) groups is 2. The molecule has 0 aromatic heterocycles. The molecule has 10 nitrogen and oxygen atoms in total. The topological polar surface area (TPSA) is 178 Å². The van der Waals surface area contributed by atoms with Gasteiger partial charge in [0.1, 0.15) is 18.0 Å². The van der Waals surface area contributed by atoms with Crippen molar-refractivity contribution in [3.8, 4) is 11.8 Å². The summed E-state index contributed by atoms with van der Waals surface area (Å²) in [5.41, 5.74) is 2.14. The lowest BCUT2D eigenvalue weighted by Crippen LogP contribution is -2.48. The Morgan fingerprint density at radius 3 is 2.24 bits per heavy atom. The van der Waals surface area contributed by atoms with Crippen LogP contribution in [0.4, 0.5) is 4.79 Å². The predicted octanol–water partition coefficient (Wildman–Crippen LogP) is 2.51. The number of nitrogens with zero attached hydrogens (tertiary/aromatic N) is 1. The number of aliphatic hydroxyl groups is 2. The zero-order valence-corrected chi connectivity index (χ0v) is 18.0. The van der Waals surface area contributed by atoms with Gasteiger partial charge in [-0.3, -0.25) is 0 Å². The number of carbonyl (C=O) groups excluding carboxylic acids is 1. The van der Waals surface area contributed by atoms with Crippen molar-refractivity contribution in [3.63, 3.8) is 0 Å². The Hall–Kier alpha value is -3.91. The quantitative estimate of drug-likeness (QED) is 0.310. The number of ether oxygens (including phenoxy) is 2. The molecular weight excluding hydrogens is 446 g/mol. The number of phenols is 1. The third-order valence-electron chi connectivity index (χ3n) is 4.92. The summed E-state index contributed by atoms with van der Waals surface area (Å²) in [6.07, 6.45) is -2.12. The first kappa shape index (κ1) is 26.3. The van der Waals surface area contributed by atoms with Crippen LogP contribution >= 0.6 is 0 Å². The molecule has 0 spiro atoms. The Bertz CT molecular complexity index is 1010. The normalized spacial score (nSPS) is 21.7. The molecule has 0 bridgehead atoms. The standard InChI is InChI=1S/C23H23NO6.CH2O3/c24-13-16-1-3-17(4-2-16)14-29-19-11-20(26)23(28)21(12-19)30-22(27)10-7-15-5-8-18(25)9-6-15;2-1(3)4/h1-10,19-21,23,25-26,28H,11-12,14H2;(H2,2,3,4)/b10-7+;/t19-,20-,21+,23+;/m0./s1. The molecule has 1 aliphatic rings. The van der Waals surface area contributed by atoms with Gasteiger partial charge in [0.25, 0.3) is 0 Å². The van der Waals surface area contributed by atoms with Gasteiger partial charge in [-0.05, 0) is 41.5 Å². The zero-order valence-electron chi connectivity index (χ0n) is 18.0. The minimum absolute atomic E-state index is 0.126. The molecule has 2 aromatic rings. The van der Waals surface area contributed by atoms with Gasteiger partial charge in [-0.2, -0.15) is 5.26 Å². The minimum atomic E-state index is -1.83. The van der Waals surface area contributed by atoms with E-state index in [9.17, 15) is 20.1 Å². The average molecular weight is 471 g/mol. The second-order valence-corrected chi connectivity index (χ2v) is 7.45. The maximum atomic E-state index is 12.1. The van der Waals surface area contributed by atoms with Crippen LogP contribution in [0.3, 0.4) is 0 Å². The maximum Gasteiger partial charge on any atom is 0.503 e. The summed E-state index contributed by atoms with van der Waals surface area (Å²) in [5, 5.41) is 52.4. The minimum Gasteiger partial charge on any atom is -0.508 e. The largest absolute Gasteiger partial charge is 0.508 e. The number of aliphatic hydroxyl groups excluding tert-OH is 2. The van der Waals surface area contributed by atoms with Gasteiger partial charge in [0.15, 0.2) is 0 Å². The van der Waals surface area contributed by atoms with Gasteiger partial charge in [0.2, 0.25) is 0 Å². The van der Waals surface area contributed by atoms with Crippen molar-refractivity contribution in [1.29, 1.82) is 5.26 Å². The molecule has 0 aliphatic heterocycles. The molecule has 3 rings (SSSR count). The van der Waals surface area contributed by atoms with E-state index in [4.69, 9.17) is 29.7 Å². The number of carboxylic acid groups (broad SMARTS) is 2. The molecule has 0 radical (unpaired) electrons. The summed E-state index contributed by atoms with van der Waals surface area (Å²) in [6.45, 7) is 0.278. The van der Waals surface area contributed by atoms with Crippen LogP contribution in [0, 0.1) is 11.3 Å². The fraction of sp³-hybridized carbons (Fsp3) is 0.292. The smallest absolute Gasteiger partial charge is 0.503 e. The van der Waals surface area contributed by atoms with Gasteiger partial charge in [0, 0.05) is 18.9 Å². The Morgan fingerprint density at radius 2 is 1.65 bits per heavy atom.